The Morgan fingerprint density at radius 2 is 1.88 bits per heavy atom. The maximum atomic E-state index is 12.9. The number of carbonyl (C=O) groups is 1. The second-order valence-corrected chi connectivity index (χ2v) is 8.73. The van der Waals surface area contributed by atoms with Gasteiger partial charge in [0, 0.05) is 24.6 Å². The van der Waals surface area contributed by atoms with Crippen LogP contribution in [0.5, 0.6) is 5.75 Å². The van der Waals surface area contributed by atoms with Gasteiger partial charge in [-0.2, -0.15) is 10.2 Å². The van der Waals surface area contributed by atoms with Gasteiger partial charge in [0.15, 0.2) is 0 Å². The molecule has 0 bridgehead atoms. The van der Waals surface area contributed by atoms with Crippen LogP contribution >= 0.6 is 11.3 Å². The molecule has 0 aliphatic carbocycles. The smallest absolute Gasteiger partial charge is 0.242 e. The van der Waals surface area contributed by atoms with Gasteiger partial charge < -0.3 is 4.74 Å². The van der Waals surface area contributed by atoms with Crippen LogP contribution in [-0.2, 0) is 4.79 Å². The largest absolute Gasteiger partial charge is 0.497 e. The van der Waals surface area contributed by atoms with Gasteiger partial charge in [0.25, 0.3) is 0 Å². The summed E-state index contributed by atoms with van der Waals surface area (Å²) < 4.78 is 7.18. The molecular formula is C26H24N4O2S. The SMILES string of the molecule is CCC(=O)N1N=C(c2ccc(OC)cc2)C[C@H]1c1cn(-c2ccccc2)nc1-c1cccs1. The highest BCUT2D eigenvalue weighted by Crippen LogP contribution is 2.39. The number of rotatable bonds is 6. The number of ether oxygens (including phenoxy) is 1. The van der Waals surface area contributed by atoms with E-state index in [4.69, 9.17) is 14.9 Å². The molecule has 3 heterocycles. The average Bonchev–Trinajstić information content (AvgIpc) is 3.63. The molecule has 1 aliphatic heterocycles. The molecule has 2 aromatic heterocycles. The lowest BCUT2D eigenvalue weighted by atomic mass is 9.98. The van der Waals surface area contributed by atoms with Crippen molar-refractivity contribution in [3.05, 3.63) is 89.4 Å². The third kappa shape index (κ3) is 4.07. The Balaban J connectivity index is 1.58. The van der Waals surface area contributed by atoms with Crippen molar-refractivity contribution in [3.63, 3.8) is 0 Å². The molecule has 0 saturated heterocycles. The zero-order valence-corrected chi connectivity index (χ0v) is 19.3. The number of nitrogens with zero attached hydrogens (tertiary/aromatic N) is 4. The van der Waals surface area contributed by atoms with Crippen LogP contribution in [0, 0.1) is 0 Å². The van der Waals surface area contributed by atoms with E-state index in [0.29, 0.717) is 12.8 Å². The summed E-state index contributed by atoms with van der Waals surface area (Å²) in [5, 5.41) is 13.4. The Labute approximate surface area is 196 Å². The van der Waals surface area contributed by atoms with Crippen LogP contribution in [0.3, 0.4) is 0 Å². The van der Waals surface area contributed by atoms with Crippen molar-refractivity contribution in [2.24, 2.45) is 5.10 Å². The third-order valence-electron chi connectivity index (χ3n) is 5.77. The Bertz CT molecular complexity index is 1280. The minimum Gasteiger partial charge on any atom is -0.497 e. The van der Waals surface area contributed by atoms with Crippen LogP contribution in [0.15, 0.2) is 83.4 Å². The number of hydrogen-bond donors (Lipinski definition) is 0. The maximum absolute atomic E-state index is 12.9. The Morgan fingerprint density at radius 1 is 1.09 bits per heavy atom. The van der Waals surface area contributed by atoms with Crippen LogP contribution < -0.4 is 4.74 Å². The van der Waals surface area contributed by atoms with Crippen molar-refractivity contribution in [2.45, 2.75) is 25.8 Å². The van der Waals surface area contributed by atoms with E-state index in [-0.39, 0.29) is 11.9 Å². The first-order valence-electron chi connectivity index (χ1n) is 10.9. The van der Waals surface area contributed by atoms with Crippen molar-refractivity contribution < 1.29 is 9.53 Å². The van der Waals surface area contributed by atoms with E-state index in [1.165, 1.54) is 0 Å². The van der Waals surface area contributed by atoms with Gasteiger partial charge >= 0.3 is 0 Å². The molecule has 7 heteroatoms. The summed E-state index contributed by atoms with van der Waals surface area (Å²) >= 11 is 1.64. The lowest BCUT2D eigenvalue weighted by Crippen LogP contribution is -2.26. The van der Waals surface area contributed by atoms with E-state index in [0.717, 1.165) is 38.8 Å². The fraction of sp³-hybridized carbons (Fsp3) is 0.192. The van der Waals surface area contributed by atoms with Gasteiger partial charge in [-0.1, -0.05) is 31.2 Å². The monoisotopic (exact) mass is 456 g/mol. The molecule has 33 heavy (non-hydrogen) atoms. The summed E-state index contributed by atoms with van der Waals surface area (Å²) in [4.78, 5) is 14.0. The molecule has 0 fully saturated rings. The second-order valence-electron chi connectivity index (χ2n) is 7.78. The van der Waals surface area contributed by atoms with Crippen LogP contribution in [0.4, 0.5) is 0 Å². The van der Waals surface area contributed by atoms with E-state index in [2.05, 4.69) is 6.07 Å². The summed E-state index contributed by atoms with van der Waals surface area (Å²) in [6, 6.07) is 21.7. The minimum atomic E-state index is -0.218. The van der Waals surface area contributed by atoms with E-state index in [9.17, 15) is 4.79 Å². The lowest BCUT2D eigenvalue weighted by Gasteiger charge is -2.21. The molecule has 0 spiro atoms. The Hall–Kier alpha value is -3.71. The number of para-hydroxylation sites is 1. The minimum absolute atomic E-state index is 0.00639. The van der Waals surface area contributed by atoms with Gasteiger partial charge in [-0.15, -0.1) is 11.3 Å². The zero-order chi connectivity index (χ0) is 22.8. The molecule has 0 saturated carbocycles. The molecule has 0 radical (unpaired) electrons. The van der Waals surface area contributed by atoms with E-state index in [1.54, 1.807) is 23.5 Å². The summed E-state index contributed by atoms with van der Waals surface area (Å²) in [5.74, 6) is 0.785. The van der Waals surface area contributed by atoms with Gasteiger partial charge in [-0.3, -0.25) is 4.79 Å². The molecule has 5 rings (SSSR count). The van der Waals surface area contributed by atoms with Gasteiger partial charge in [-0.05, 0) is 53.4 Å². The lowest BCUT2D eigenvalue weighted by molar-refractivity contribution is -0.132. The van der Waals surface area contributed by atoms with Crippen molar-refractivity contribution in [3.8, 4) is 22.0 Å². The molecule has 1 amide bonds. The molecule has 166 valence electrons. The van der Waals surface area contributed by atoms with Gasteiger partial charge in [0.2, 0.25) is 5.91 Å². The fourth-order valence-corrected chi connectivity index (χ4v) is 4.78. The number of aromatic nitrogens is 2. The second kappa shape index (κ2) is 9.03. The summed E-state index contributed by atoms with van der Waals surface area (Å²) in [7, 11) is 1.65. The first-order valence-corrected chi connectivity index (χ1v) is 11.8. The highest BCUT2D eigenvalue weighted by atomic mass is 32.1. The average molecular weight is 457 g/mol. The molecule has 0 N–H and O–H groups in total. The first-order chi connectivity index (χ1) is 16.2. The topological polar surface area (TPSA) is 59.7 Å². The van der Waals surface area contributed by atoms with E-state index < -0.39 is 0 Å². The van der Waals surface area contributed by atoms with Crippen molar-refractivity contribution in [2.75, 3.05) is 7.11 Å². The maximum Gasteiger partial charge on any atom is 0.242 e. The Morgan fingerprint density at radius 3 is 2.55 bits per heavy atom. The molecule has 1 atom stereocenters. The number of carbonyl (C=O) groups excluding carboxylic acids is 1. The predicted molar refractivity (Wildman–Crippen MR) is 131 cm³/mol. The van der Waals surface area contributed by atoms with E-state index in [1.807, 2.05) is 83.8 Å². The quantitative estimate of drug-likeness (QED) is 0.374. The van der Waals surface area contributed by atoms with Crippen LogP contribution in [0.2, 0.25) is 0 Å². The third-order valence-corrected chi connectivity index (χ3v) is 6.65. The molecule has 2 aromatic carbocycles. The van der Waals surface area contributed by atoms with Crippen LogP contribution in [0.1, 0.15) is 36.9 Å². The van der Waals surface area contributed by atoms with Gasteiger partial charge in [0.1, 0.15) is 11.4 Å². The Kier molecular flexibility index (Phi) is 5.79. The molecule has 1 aliphatic rings. The van der Waals surface area contributed by atoms with Crippen molar-refractivity contribution >= 4 is 23.0 Å². The van der Waals surface area contributed by atoms with Gasteiger partial charge in [-0.25, -0.2) is 9.69 Å². The number of thiophene rings is 1. The van der Waals surface area contributed by atoms with Crippen LogP contribution in [0.25, 0.3) is 16.3 Å². The number of methoxy groups -OCH3 is 1. The molecular weight excluding hydrogens is 432 g/mol. The van der Waals surface area contributed by atoms with Gasteiger partial charge in [0.05, 0.1) is 29.4 Å². The zero-order valence-electron chi connectivity index (χ0n) is 18.5. The number of hydrazone groups is 1. The molecule has 0 unspecified atom stereocenters. The highest BCUT2D eigenvalue weighted by Gasteiger charge is 2.35. The fourth-order valence-electron chi connectivity index (χ4n) is 4.05. The normalized spacial score (nSPS) is 15.5. The van der Waals surface area contributed by atoms with Crippen LogP contribution in [-0.4, -0.2) is 33.5 Å². The number of amides is 1. The molecule has 4 aromatic rings. The van der Waals surface area contributed by atoms with E-state index >= 15 is 0 Å². The van der Waals surface area contributed by atoms with Crippen molar-refractivity contribution in [1.82, 2.24) is 14.8 Å². The molecule has 6 nitrogen and oxygen atoms in total. The summed E-state index contributed by atoms with van der Waals surface area (Å²) in [6.07, 6.45) is 3.05. The summed E-state index contributed by atoms with van der Waals surface area (Å²) in [5.41, 5.74) is 4.73. The predicted octanol–water partition coefficient (Wildman–Crippen LogP) is 5.70. The standard InChI is InChI=1S/C26H24N4O2S/c1-3-25(31)30-23(16-22(27-30)18-11-13-20(32-2)14-12-18)21-17-29(19-8-5-4-6-9-19)28-26(21)24-10-7-15-33-24/h4-15,17,23H,3,16H2,1-2H3/t23-/m0/s1. The highest BCUT2D eigenvalue weighted by molar-refractivity contribution is 7.13. The number of hydrogen-bond acceptors (Lipinski definition) is 5. The first kappa shape index (κ1) is 21.2. The van der Waals surface area contributed by atoms with Crippen molar-refractivity contribution in [1.29, 1.82) is 0 Å². The number of benzene rings is 2. The summed E-state index contributed by atoms with van der Waals surface area (Å²) in [6.45, 7) is 1.87.